The maximum Gasteiger partial charge on any atom is 0.155 e. The Morgan fingerprint density at radius 3 is 2.15 bits per heavy atom. The number of hydrogen-bond donors (Lipinski definition) is 0. The van der Waals surface area contributed by atoms with Gasteiger partial charge in [0.25, 0.3) is 0 Å². The molecule has 0 aliphatic rings. The van der Waals surface area contributed by atoms with Crippen LogP contribution in [0.3, 0.4) is 0 Å². The Bertz CT molecular complexity index is 168. The second kappa shape index (κ2) is 8.03. The Kier molecular flexibility index (Phi) is 7.66. The SMILES string of the molecule is CCCCC(=O)/C=C(\C)CCCC. The third-order valence-corrected chi connectivity index (χ3v) is 2.11. The number of rotatable bonds is 7. The van der Waals surface area contributed by atoms with Gasteiger partial charge in [0, 0.05) is 6.42 Å². The number of allylic oxidation sites excluding steroid dienone is 2. The molecule has 76 valence electrons. The second-order valence-electron chi connectivity index (χ2n) is 3.66. The van der Waals surface area contributed by atoms with Gasteiger partial charge in [0.05, 0.1) is 0 Å². The monoisotopic (exact) mass is 182 g/mol. The Morgan fingerprint density at radius 2 is 1.62 bits per heavy atom. The van der Waals surface area contributed by atoms with E-state index < -0.39 is 0 Å². The highest BCUT2D eigenvalue weighted by molar-refractivity contribution is 5.90. The van der Waals surface area contributed by atoms with Crippen LogP contribution in [0.1, 0.15) is 59.3 Å². The Morgan fingerprint density at radius 1 is 1.08 bits per heavy atom. The van der Waals surface area contributed by atoms with Crippen LogP contribution < -0.4 is 0 Å². The number of carbonyl (C=O) groups is 1. The Labute approximate surface area is 82.2 Å². The molecule has 0 heterocycles. The molecule has 1 heteroatoms. The van der Waals surface area contributed by atoms with Crippen molar-refractivity contribution in [3.63, 3.8) is 0 Å². The minimum atomic E-state index is 0.301. The molecule has 0 saturated heterocycles. The molecule has 0 rings (SSSR count). The van der Waals surface area contributed by atoms with Gasteiger partial charge in [-0.15, -0.1) is 0 Å². The van der Waals surface area contributed by atoms with E-state index in [1.165, 1.54) is 18.4 Å². The summed E-state index contributed by atoms with van der Waals surface area (Å²) in [5.41, 5.74) is 1.24. The van der Waals surface area contributed by atoms with E-state index >= 15 is 0 Å². The molecule has 1 nitrogen and oxygen atoms in total. The topological polar surface area (TPSA) is 17.1 Å². The molecule has 0 radical (unpaired) electrons. The Hall–Kier alpha value is -0.590. The van der Waals surface area contributed by atoms with Crippen molar-refractivity contribution in [2.45, 2.75) is 59.3 Å². The third kappa shape index (κ3) is 7.76. The number of unbranched alkanes of at least 4 members (excludes halogenated alkanes) is 2. The molecule has 0 spiro atoms. The highest BCUT2D eigenvalue weighted by atomic mass is 16.1. The fourth-order valence-corrected chi connectivity index (χ4v) is 1.23. The van der Waals surface area contributed by atoms with E-state index in [2.05, 4.69) is 20.8 Å². The van der Waals surface area contributed by atoms with Crippen LogP contribution in [0.25, 0.3) is 0 Å². The van der Waals surface area contributed by atoms with Gasteiger partial charge in [-0.2, -0.15) is 0 Å². The molecule has 0 aliphatic carbocycles. The predicted octanol–water partition coefficient (Wildman–Crippen LogP) is 3.88. The van der Waals surface area contributed by atoms with E-state index in [0.717, 1.165) is 25.7 Å². The van der Waals surface area contributed by atoms with Crippen molar-refractivity contribution < 1.29 is 4.79 Å². The fraction of sp³-hybridized carbons (Fsp3) is 0.750. The molecule has 0 aromatic rings. The van der Waals surface area contributed by atoms with Gasteiger partial charge in [-0.1, -0.05) is 32.3 Å². The number of ketones is 1. The zero-order valence-electron chi connectivity index (χ0n) is 9.23. The van der Waals surface area contributed by atoms with Gasteiger partial charge in [0.1, 0.15) is 0 Å². The van der Waals surface area contributed by atoms with Gasteiger partial charge >= 0.3 is 0 Å². The van der Waals surface area contributed by atoms with Gasteiger partial charge in [0.2, 0.25) is 0 Å². The van der Waals surface area contributed by atoms with Crippen LogP contribution in [0.5, 0.6) is 0 Å². The number of carbonyl (C=O) groups excluding carboxylic acids is 1. The molecule has 0 amide bonds. The average molecular weight is 182 g/mol. The van der Waals surface area contributed by atoms with Crippen LogP contribution in [0.2, 0.25) is 0 Å². The van der Waals surface area contributed by atoms with Gasteiger partial charge < -0.3 is 0 Å². The maximum absolute atomic E-state index is 11.3. The van der Waals surface area contributed by atoms with Crippen molar-refractivity contribution in [1.29, 1.82) is 0 Å². The lowest BCUT2D eigenvalue weighted by atomic mass is 10.1. The van der Waals surface area contributed by atoms with Crippen molar-refractivity contribution >= 4 is 5.78 Å². The Balaban J connectivity index is 3.70. The van der Waals surface area contributed by atoms with Crippen molar-refractivity contribution in [2.24, 2.45) is 0 Å². The quantitative estimate of drug-likeness (QED) is 0.546. The lowest BCUT2D eigenvalue weighted by Gasteiger charge is -1.98. The molecule has 0 N–H and O–H groups in total. The zero-order valence-corrected chi connectivity index (χ0v) is 9.23. The van der Waals surface area contributed by atoms with Crippen molar-refractivity contribution in [1.82, 2.24) is 0 Å². The van der Waals surface area contributed by atoms with Crippen LogP contribution in [-0.4, -0.2) is 5.78 Å². The van der Waals surface area contributed by atoms with Crippen LogP contribution in [-0.2, 0) is 4.79 Å². The largest absolute Gasteiger partial charge is 0.295 e. The van der Waals surface area contributed by atoms with Gasteiger partial charge in [-0.05, 0) is 32.3 Å². The summed E-state index contributed by atoms with van der Waals surface area (Å²) in [7, 11) is 0. The minimum Gasteiger partial charge on any atom is -0.295 e. The van der Waals surface area contributed by atoms with Crippen LogP contribution in [0.4, 0.5) is 0 Å². The summed E-state index contributed by atoms with van der Waals surface area (Å²) < 4.78 is 0. The molecule has 0 bridgehead atoms. The van der Waals surface area contributed by atoms with Gasteiger partial charge in [-0.25, -0.2) is 0 Å². The van der Waals surface area contributed by atoms with Crippen molar-refractivity contribution in [3.8, 4) is 0 Å². The van der Waals surface area contributed by atoms with Gasteiger partial charge in [0.15, 0.2) is 5.78 Å². The normalized spacial score (nSPS) is 11.8. The first-order valence-corrected chi connectivity index (χ1v) is 5.40. The van der Waals surface area contributed by atoms with Gasteiger partial charge in [-0.3, -0.25) is 4.79 Å². The standard InChI is InChI=1S/C12H22O/c1-4-6-8-11(3)10-12(13)9-7-5-2/h10H,4-9H2,1-3H3/b11-10+. The molecular formula is C12H22O. The van der Waals surface area contributed by atoms with E-state index in [1.54, 1.807) is 0 Å². The fourth-order valence-electron chi connectivity index (χ4n) is 1.23. The first-order chi connectivity index (χ1) is 6.20. The highest BCUT2D eigenvalue weighted by Gasteiger charge is 1.97. The average Bonchev–Trinajstić information content (AvgIpc) is 2.11. The van der Waals surface area contributed by atoms with E-state index in [9.17, 15) is 4.79 Å². The summed E-state index contributed by atoms with van der Waals surface area (Å²) in [5, 5.41) is 0. The van der Waals surface area contributed by atoms with Crippen LogP contribution >= 0.6 is 0 Å². The summed E-state index contributed by atoms with van der Waals surface area (Å²) in [5.74, 6) is 0.301. The van der Waals surface area contributed by atoms with Crippen LogP contribution in [0.15, 0.2) is 11.6 Å². The summed E-state index contributed by atoms with van der Waals surface area (Å²) in [4.78, 5) is 11.3. The molecule has 0 aliphatic heterocycles. The van der Waals surface area contributed by atoms with E-state index in [0.29, 0.717) is 5.78 Å². The zero-order chi connectivity index (χ0) is 10.1. The van der Waals surface area contributed by atoms with E-state index in [4.69, 9.17) is 0 Å². The molecule has 0 atom stereocenters. The molecule has 13 heavy (non-hydrogen) atoms. The molecular weight excluding hydrogens is 160 g/mol. The number of hydrogen-bond acceptors (Lipinski definition) is 1. The molecule has 0 saturated carbocycles. The lowest BCUT2D eigenvalue weighted by molar-refractivity contribution is -0.114. The van der Waals surface area contributed by atoms with Crippen molar-refractivity contribution in [3.05, 3.63) is 11.6 Å². The highest BCUT2D eigenvalue weighted by Crippen LogP contribution is 2.07. The van der Waals surface area contributed by atoms with E-state index in [-0.39, 0.29) is 0 Å². The molecule has 0 aromatic heterocycles. The lowest BCUT2D eigenvalue weighted by Crippen LogP contribution is -1.93. The summed E-state index contributed by atoms with van der Waals surface area (Å²) in [6, 6.07) is 0. The smallest absolute Gasteiger partial charge is 0.155 e. The minimum absolute atomic E-state index is 0.301. The first kappa shape index (κ1) is 12.4. The molecule has 0 aromatic carbocycles. The second-order valence-corrected chi connectivity index (χ2v) is 3.66. The van der Waals surface area contributed by atoms with E-state index in [1.807, 2.05) is 6.08 Å². The predicted molar refractivity (Wildman–Crippen MR) is 57.8 cm³/mol. The summed E-state index contributed by atoms with van der Waals surface area (Å²) in [6.07, 6.45) is 8.15. The van der Waals surface area contributed by atoms with Crippen LogP contribution in [0, 0.1) is 0 Å². The first-order valence-electron chi connectivity index (χ1n) is 5.40. The maximum atomic E-state index is 11.3. The summed E-state index contributed by atoms with van der Waals surface area (Å²) >= 11 is 0. The van der Waals surface area contributed by atoms with Crippen molar-refractivity contribution in [2.75, 3.05) is 0 Å². The molecule has 0 fully saturated rings. The third-order valence-electron chi connectivity index (χ3n) is 2.11. The summed E-state index contributed by atoms with van der Waals surface area (Å²) in [6.45, 7) is 6.34. The molecule has 0 unspecified atom stereocenters.